The van der Waals surface area contributed by atoms with Gasteiger partial charge in [0.2, 0.25) is 0 Å². The Balaban J connectivity index is 0.00000176. The van der Waals surface area contributed by atoms with Gasteiger partial charge in [-0.3, -0.25) is 14.7 Å². The highest BCUT2D eigenvalue weighted by molar-refractivity contribution is 9.09. The molecular formula is C14H18Br2N2O3S. The van der Waals surface area contributed by atoms with Crippen LogP contribution in [0.3, 0.4) is 0 Å². The highest BCUT2D eigenvalue weighted by Gasteiger charge is 2.53. The molecule has 0 spiro atoms. The molecule has 1 saturated heterocycles. The Bertz CT molecular complexity index is 542. The molecule has 3 aliphatic rings. The second-order valence-electron chi connectivity index (χ2n) is 5.50. The van der Waals surface area contributed by atoms with Crippen LogP contribution in [-0.4, -0.2) is 50.1 Å². The maximum atomic E-state index is 12.3. The number of carboxylic acids is 1. The summed E-state index contributed by atoms with van der Waals surface area (Å²) in [6, 6.07) is -0.380. The lowest BCUT2D eigenvalue weighted by atomic mass is 9.97. The molecule has 3 rings (SSSR count). The molecule has 1 saturated carbocycles. The van der Waals surface area contributed by atoms with Crippen molar-refractivity contribution < 1.29 is 14.7 Å². The second kappa shape index (κ2) is 7.49. The fourth-order valence-electron chi connectivity index (χ4n) is 3.04. The lowest BCUT2D eigenvalue weighted by molar-refractivity contribution is -0.147. The minimum atomic E-state index is -1.02. The van der Waals surface area contributed by atoms with E-state index in [1.165, 1.54) is 11.3 Å². The van der Waals surface area contributed by atoms with Crippen LogP contribution in [0.25, 0.3) is 0 Å². The fourth-order valence-corrected chi connectivity index (χ4v) is 5.09. The summed E-state index contributed by atoms with van der Waals surface area (Å²) in [5.41, 5.74) is 2.05. The molecule has 0 unspecified atom stereocenters. The number of hydrogen-bond donors (Lipinski definition) is 1. The molecule has 0 aromatic rings. The van der Waals surface area contributed by atoms with Gasteiger partial charge in [0.05, 0.1) is 0 Å². The molecule has 22 heavy (non-hydrogen) atoms. The predicted octanol–water partition coefficient (Wildman–Crippen LogP) is 2.99. The van der Waals surface area contributed by atoms with E-state index < -0.39 is 5.97 Å². The number of hydrogen-bond acceptors (Lipinski definition) is 4. The van der Waals surface area contributed by atoms with E-state index in [9.17, 15) is 14.7 Å². The van der Waals surface area contributed by atoms with E-state index in [0.29, 0.717) is 11.1 Å². The standard InChI is InChI=1S/C14H17BrN2O3S.BrH/c15-6-8-7-21-13-10(16-9-4-2-1-3-5-9)12(18)17(13)11(8)14(19)20;/h10,13H,1-7H2,(H,19,20);1H/t10-,13-;/m1./s1. The van der Waals surface area contributed by atoms with Crippen LogP contribution in [0.5, 0.6) is 0 Å². The Morgan fingerprint density at radius 1 is 1.36 bits per heavy atom. The highest BCUT2D eigenvalue weighted by Crippen LogP contribution is 2.42. The van der Waals surface area contributed by atoms with E-state index in [4.69, 9.17) is 0 Å². The molecule has 2 atom stereocenters. The van der Waals surface area contributed by atoms with Gasteiger partial charge in [0.1, 0.15) is 11.1 Å². The lowest BCUT2D eigenvalue weighted by Gasteiger charge is -2.48. The molecule has 1 N–H and O–H groups in total. The van der Waals surface area contributed by atoms with Crippen LogP contribution in [-0.2, 0) is 9.59 Å². The van der Waals surface area contributed by atoms with Gasteiger partial charge in [-0.25, -0.2) is 4.79 Å². The number of amides is 1. The number of nitrogens with zero attached hydrogens (tertiary/aromatic N) is 2. The van der Waals surface area contributed by atoms with Crippen LogP contribution in [0.15, 0.2) is 16.3 Å². The Kier molecular flexibility index (Phi) is 6.13. The van der Waals surface area contributed by atoms with Gasteiger partial charge in [-0.05, 0) is 31.3 Å². The third-order valence-corrected chi connectivity index (χ3v) is 6.14. The Labute approximate surface area is 152 Å². The minimum absolute atomic E-state index is 0. The number of aliphatic carboxylic acids is 1. The first-order chi connectivity index (χ1) is 10.1. The van der Waals surface area contributed by atoms with Crippen molar-refractivity contribution in [1.29, 1.82) is 0 Å². The molecule has 0 aromatic heterocycles. The van der Waals surface area contributed by atoms with E-state index >= 15 is 0 Å². The van der Waals surface area contributed by atoms with Crippen LogP contribution < -0.4 is 0 Å². The maximum absolute atomic E-state index is 12.3. The Hall–Kier alpha value is -0.340. The van der Waals surface area contributed by atoms with Gasteiger partial charge in [-0.2, -0.15) is 0 Å². The van der Waals surface area contributed by atoms with E-state index in [1.54, 1.807) is 11.8 Å². The molecule has 0 bridgehead atoms. The van der Waals surface area contributed by atoms with Gasteiger partial charge in [0.25, 0.3) is 5.91 Å². The van der Waals surface area contributed by atoms with Crippen molar-refractivity contribution in [3.63, 3.8) is 0 Å². The monoisotopic (exact) mass is 452 g/mol. The smallest absolute Gasteiger partial charge is 0.352 e. The van der Waals surface area contributed by atoms with Crippen molar-refractivity contribution in [1.82, 2.24) is 4.90 Å². The number of rotatable bonds is 3. The largest absolute Gasteiger partial charge is 0.477 e. The summed E-state index contributed by atoms with van der Waals surface area (Å²) in [6.45, 7) is 0. The fraction of sp³-hybridized carbons (Fsp3) is 0.643. The normalized spacial score (nSPS) is 27.8. The third-order valence-electron chi connectivity index (χ3n) is 4.14. The number of aliphatic imine (C=N–C) groups is 1. The van der Waals surface area contributed by atoms with Crippen LogP contribution in [0.4, 0.5) is 0 Å². The number of fused-ring (bicyclic) bond motifs is 1. The number of carboxylic acid groups (broad SMARTS) is 1. The predicted molar refractivity (Wildman–Crippen MR) is 96.2 cm³/mol. The summed E-state index contributed by atoms with van der Waals surface area (Å²) in [5.74, 6) is -0.545. The molecule has 2 heterocycles. The van der Waals surface area contributed by atoms with E-state index in [2.05, 4.69) is 20.9 Å². The van der Waals surface area contributed by atoms with Gasteiger partial charge >= 0.3 is 5.97 Å². The quantitative estimate of drug-likeness (QED) is 0.526. The SMILES string of the molecule is Br.O=C(O)C1=C(CBr)CS[C@@H]2[C@H](N=C3CCCCC3)C(=O)N12. The van der Waals surface area contributed by atoms with Gasteiger partial charge in [0.15, 0.2) is 6.04 Å². The molecule has 8 heteroatoms. The van der Waals surface area contributed by atoms with Crippen LogP contribution in [0, 0.1) is 0 Å². The number of thioether (sulfide) groups is 1. The van der Waals surface area contributed by atoms with Crippen molar-refractivity contribution in [2.45, 2.75) is 43.5 Å². The van der Waals surface area contributed by atoms with Crippen LogP contribution in [0.2, 0.25) is 0 Å². The first-order valence-electron chi connectivity index (χ1n) is 7.15. The second-order valence-corrected chi connectivity index (χ2v) is 7.17. The van der Waals surface area contributed by atoms with Crippen LogP contribution in [0.1, 0.15) is 32.1 Å². The number of alkyl halides is 1. The van der Waals surface area contributed by atoms with Crippen molar-refractivity contribution in [2.75, 3.05) is 11.1 Å². The zero-order chi connectivity index (χ0) is 15.0. The maximum Gasteiger partial charge on any atom is 0.352 e. The molecule has 5 nitrogen and oxygen atoms in total. The van der Waals surface area contributed by atoms with Gasteiger partial charge in [-0.15, -0.1) is 28.7 Å². The Morgan fingerprint density at radius 2 is 2.05 bits per heavy atom. The molecule has 1 aliphatic carbocycles. The zero-order valence-electron chi connectivity index (χ0n) is 12.0. The van der Waals surface area contributed by atoms with E-state index in [0.717, 1.165) is 37.0 Å². The molecule has 1 amide bonds. The lowest BCUT2D eigenvalue weighted by Crippen LogP contribution is -2.64. The third kappa shape index (κ3) is 3.14. The molecular weight excluding hydrogens is 436 g/mol. The van der Waals surface area contributed by atoms with Gasteiger partial charge in [0, 0.05) is 16.8 Å². The minimum Gasteiger partial charge on any atom is -0.477 e. The highest BCUT2D eigenvalue weighted by atomic mass is 79.9. The van der Waals surface area contributed by atoms with Crippen molar-refractivity contribution >= 4 is 62.3 Å². The average Bonchev–Trinajstić information content (AvgIpc) is 2.51. The molecule has 122 valence electrons. The van der Waals surface area contributed by atoms with Crippen LogP contribution >= 0.6 is 44.7 Å². The van der Waals surface area contributed by atoms with Gasteiger partial charge in [-0.1, -0.05) is 22.4 Å². The number of halogens is 2. The van der Waals surface area contributed by atoms with Crippen molar-refractivity contribution in [2.24, 2.45) is 4.99 Å². The molecule has 0 aromatic carbocycles. The van der Waals surface area contributed by atoms with E-state index in [-0.39, 0.29) is 40.0 Å². The first kappa shape index (κ1) is 18.0. The summed E-state index contributed by atoms with van der Waals surface area (Å²) in [6.07, 6.45) is 5.50. The first-order valence-corrected chi connectivity index (χ1v) is 9.32. The molecule has 0 radical (unpaired) electrons. The Morgan fingerprint density at radius 3 is 2.64 bits per heavy atom. The zero-order valence-corrected chi connectivity index (χ0v) is 16.1. The number of carbonyl (C=O) groups excluding carboxylic acids is 1. The summed E-state index contributed by atoms with van der Waals surface area (Å²) in [4.78, 5) is 29.8. The summed E-state index contributed by atoms with van der Waals surface area (Å²) < 4.78 is 0. The van der Waals surface area contributed by atoms with Crippen molar-refractivity contribution in [3.8, 4) is 0 Å². The van der Waals surface area contributed by atoms with Gasteiger partial charge < -0.3 is 5.11 Å². The van der Waals surface area contributed by atoms with Crippen molar-refractivity contribution in [3.05, 3.63) is 11.3 Å². The summed E-state index contributed by atoms with van der Waals surface area (Å²) >= 11 is 4.92. The summed E-state index contributed by atoms with van der Waals surface area (Å²) in [7, 11) is 0. The average molecular weight is 454 g/mol. The molecule has 2 fully saturated rings. The van der Waals surface area contributed by atoms with E-state index in [1.807, 2.05) is 0 Å². The molecule has 2 aliphatic heterocycles. The summed E-state index contributed by atoms with van der Waals surface area (Å²) in [5, 5.41) is 9.71. The topological polar surface area (TPSA) is 70.0 Å². The number of β-lactam (4-membered cyclic amide) rings is 1. The number of carbonyl (C=O) groups is 2.